The number of halogens is 1. The van der Waals surface area contributed by atoms with E-state index in [-0.39, 0.29) is 17.8 Å². The van der Waals surface area contributed by atoms with Crippen LogP contribution in [0.15, 0.2) is 36.7 Å². The van der Waals surface area contributed by atoms with Crippen molar-refractivity contribution in [1.29, 1.82) is 5.26 Å². The van der Waals surface area contributed by atoms with Gasteiger partial charge in [0, 0.05) is 36.5 Å². The van der Waals surface area contributed by atoms with Crippen molar-refractivity contribution in [2.75, 3.05) is 20.1 Å². The first kappa shape index (κ1) is 23.2. The number of hydrogen-bond acceptors (Lipinski definition) is 7. The van der Waals surface area contributed by atoms with Crippen LogP contribution < -0.4 is 4.74 Å². The third-order valence-electron chi connectivity index (χ3n) is 5.04. The molecule has 0 atom stereocenters. The first-order chi connectivity index (χ1) is 15.4. The highest BCUT2D eigenvalue weighted by molar-refractivity contribution is 5.78. The highest BCUT2D eigenvalue weighted by Crippen LogP contribution is 2.29. The molecule has 1 fully saturated rings. The minimum absolute atomic E-state index is 0.0301. The number of hydrogen-bond donors (Lipinski definition) is 0. The van der Waals surface area contributed by atoms with Gasteiger partial charge < -0.3 is 14.4 Å². The number of piperidine rings is 1. The maximum absolute atomic E-state index is 14.4. The molecule has 0 N–H and O–H groups in total. The lowest BCUT2D eigenvalue weighted by Crippen LogP contribution is -2.36. The molecule has 0 spiro atoms. The summed E-state index contributed by atoms with van der Waals surface area (Å²) in [5, 5.41) is 13.2. The summed E-state index contributed by atoms with van der Waals surface area (Å²) >= 11 is 0. The monoisotopic (exact) mass is 439 g/mol. The van der Waals surface area contributed by atoms with Crippen LogP contribution in [0.1, 0.15) is 32.3 Å². The zero-order valence-corrected chi connectivity index (χ0v) is 18.4. The third-order valence-corrected chi connectivity index (χ3v) is 5.04. The van der Waals surface area contributed by atoms with Crippen LogP contribution in [0.2, 0.25) is 0 Å². The molecule has 8 nitrogen and oxygen atoms in total. The summed E-state index contributed by atoms with van der Waals surface area (Å²) in [6.07, 6.45) is 5.30. The molecule has 168 valence electrons. The van der Waals surface area contributed by atoms with Crippen molar-refractivity contribution >= 4 is 12.1 Å². The Kier molecular flexibility index (Phi) is 7.73. The van der Waals surface area contributed by atoms with Crippen LogP contribution in [0, 0.1) is 17.1 Å². The van der Waals surface area contributed by atoms with E-state index in [4.69, 9.17) is 10.00 Å². The average Bonchev–Trinajstić information content (AvgIpc) is 3.20. The summed E-state index contributed by atoms with van der Waals surface area (Å²) in [4.78, 5) is 16.0. The molecule has 0 unspecified atom stereocenters. The van der Waals surface area contributed by atoms with E-state index in [2.05, 4.69) is 26.8 Å². The van der Waals surface area contributed by atoms with Crippen molar-refractivity contribution in [3.8, 4) is 23.1 Å². The van der Waals surface area contributed by atoms with Gasteiger partial charge in [0.1, 0.15) is 11.9 Å². The molecule has 0 radical (unpaired) electrons. The summed E-state index contributed by atoms with van der Waals surface area (Å²) in [7, 11) is 2.10. The summed E-state index contributed by atoms with van der Waals surface area (Å²) in [5.41, 5.74) is 1.74. The summed E-state index contributed by atoms with van der Waals surface area (Å²) in [6, 6.07) is 8.09. The van der Waals surface area contributed by atoms with Crippen LogP contribution in [0.4, 0.5) is 4.39 Å². The van der Waals surface area contributed by atoms with Gasteiger partial charge >= 0.3 is 0 Å². The smallest absolute Gasteiger partial charge is 0.293 e. The zero-order valence-electron chi connectivity index (χ0n) is 18.4. The van der Waals surface area contributed by atoms with E-state index in [1.807, 2.05) is 6.07 Å². The van der Waals surface area contributed by atoms with Crippen molar-refractivity contribution < 1.29 is 18.7 Å². The molecule has 0 saturated carbocycles. The van der Waals surface area contributed by atoms with Gasteiger partial charge in [-0.2, -0.15) is 14.9 Å². The lowest BCUT2D eigenvalue weighted by atomic mass is 10.1. The fraction of sp³-hybridized carbons (Fsp3) is 0.391. The molecule has 2 aromatic heterocycles. The van der Waals surface area contributed by atoms with E-state index in [0.29, 0.717) is 29.1 Å². The number of ether oxygens (including phenoxy) is 2. The van der Waals surface area contributed by atoms with Gasteiger partial charge in [0.25, 0.3) is 6.47 Å². The van der Waals surface area contributed by atoms with E-state index in [9.17, 15) is 9.18 Å². The normalized spacial score (nSPS) is 14.5. The third kappa shape index (κ3) is 5.59. The highest BCUT2D eigenvalue weighted by atomic mass is 19.1. The van der Waals surface area contributed by atoms with Crippen LogP contribution >= 0.6 is 0 Å². The van der Waals surface area contributed by atoms with Crippen LogP contribution in [-0.2, 0) is 9.53 Å². The van der Waals surface area contributed by atoms with Gasteiger partial charge in [0.2, 0.25) is 5.88 Å². The average molecular weight is 439 g/mol. The molecule has 1 aliphatic heterocycles. The highest BCUT2D eigenvalue weighted by Gasteiger charge is 2.20. The first-order valence-electron chi connectivity index (χ1n) is 10.4. The van der Waals surface area contributed by atoms with Gasteiger partial charge in [-0.1, -0.05) is 0 Å². The van der Waals surface area contributed by atoms with E-state index in [0.717, 1.165) is 25.9 Å². The second kappa shape index (κ2) is 10.7. The topological polar surface area (TPSA) is 92.7 Å². The first-order valence-corrected chi connectivity index (χ1v) is 10.4. The quantitative estimate of drug-likeness (QED) is 0.562. The molecule has 3 aromatic rings. The van der Waals surface area contributed by atoms with Gasteiger partial charge in [-0.15, -0.1) is 0 Å². The van der Waals surface area contributed by atoms with Crippen LogP contribution in [-0.4, -0.2) is 58.3 Å². The van der Waals surface area contributed by atoms with Crippen LogP contribution in [0.3, 0.4) is 0 Å². The SMILES string of the molecule is CC(C)OC=O.CN1CCC(Oc2ccnc3c(-c4ccc(C#N)cc4F)cnn23)CC1. The molecule has 1 aromatic carbocycles. The van der Waals surface area contributed by atoms with Crippen molar-refractivity contribution in [3.63, 3.8) is 0 Å². The summed E-state index contributed by atoms with van der Waals surface area (Å²) < 4.78 is 26.5. The number of carbonyl (C=O) groups excluding carboxylic acids is 1. The standard InChI is InChI=1S/C19H18FN5O.C4H8O2/c1-24-8-5-14(6-9-24)26-18-4-7-22-19-16(12-23-25(18)19)15-3-2-13(11-21)10-17(15)20;1-4(2)6-3-5/h2-4,7,10,12,14H,5-6,8-9H2,1H3;3-4H,1-2H3. The van der Waals surface area contributed by atoms with Crippen molar-refractivity contribution in [2.24, 2.45) is 0 Å². The predicted octanol–water partition coefficient (Wildman–Crippen LogP) is 3.45. The predicted molar refractivity (Wildman–Crippen MR) is 117 cm³/mol. The van der Waals surface area contributed by atoms with Gasteiger partial charge in [0.05, 0.1) is 23.9 Å². The van der Waals surface area contributed by atoms with E-state index >= 15 is 0 Å². The summed E-state index contributed by atoms with van der Waals surface area (Å²) in [6.45, 7) is 6.05. The van der Waals surface area contributed by atoms with E-state index < -0.39 is 5.82 Å². The Morgan fingerprint density at radius 3 is 2.59 bits per heavy atom. The fourth-order valence-electron chi connectivity index (χ4n) is 3.34. The molecule has 4 rings (SSSR count). The molecule has 0 amide bonds. The second-order valence-corrected chi connectivity index (χ2v) is 7.78. The van der Waals surface area contributed by atoms with Gasteiger partial charge in [-0.05, 0) is 51.9 Å². The number of nitriles is 1. The van der Waals surface area contributed by atoms with Gasteiger partial charge in [-0.25, -0.2) is 9.37 Å². The van der Waals surface area contributed by atoms with E-state index in [1.54, 1.807) is 49.0 Å². The molecule has 0 aliphatic carbocycles. The number of rotatable bonds is 5. The molecule has 0 bridgehead atoms. The molecular formula is C23H26FN5O3. The second-order valence-electron chi connectivity index (χ2n) is 7.78. The fourth-order valence-corrected chi connectivity index (χ4v) is 3.34. The number of carbonyl (C=O) groups is 1. The molecule has 9 heteroatoms. The maximum Gasteiger partial charge on any atom is 0.293 e. The summed E-state index contributed by atoms with van der Waals surface area (Å²) in [5.74, 6) is 0.132. The molecule has 3 heterocycles. The Morgan fingerprint density at radius 2 is 2.00 bits per heavy atom. The lowest BCUT2D eigenvalue weighted by molar-refractivity contribution is -0.131. The van der Waals surface area contributed by atoms with Crippen molar-refractivity contribution in [2.45, 2.75) is 38.9 Å². The van der Waals surface area contributed by atoms with Gasteiger partial charge in [0.15, 0.2) is 5.65 Å². The zero-order chi connectivity index (χ0) is 23.1. The Bertz CT molecular complexity index is 1100. The molecule has 32 heavy (non-hydrogen) atoms. The number of fused-ring (bicyclic) bond motifs is 1. The van der Waals surface area contributed by atoms with Crippen molar-refractivity contribution in [3.05, 3.63) is 48.0 Å². The Morgan fingerprint density at radius 1 is 1.25 bits per heavy atom. The molecule has 1 saturated heterocycles. The number of benzene rings is 1. The number of likely N-dealkylation sites (tertiary alicyclic amines) is 1. The number of nitrogens with zero attached hydrogens (tertiary/aromatic N) is 5. The lowest BCUT2D eigenvalue weighted by Gasteiger charge is -2.29. The maximum atomic E-state index is 14.4. The van der Waals surface area contributed by atoms with Gasteiger partial charge in [-0.3, -0.25) is 4.79 Å². The Hall–Kier alpha value is -3.51. The minimum Gasteiger partial charge on any atom is -0.474 e. The number of aromatic nitrogens is 3. The Balaban J connectivity index is 0.000000427. The van der Waals surface area contributed by atoms with Crippen LogP contribution in [0.25, 0.3) is 16.8 Å². The molecule has 1 aliphatic rings. The van der Waals surface area contributed by atoms with Crippen molar-refractivity contribution in [1.82, 2.24) is 19.5 Å². The van der Waals surface area contributed by atoms with Crippen LogP contribution in [0.5, 0.6) is 5.88 Å². The molecular weight excluding hydrogens is 413 g/mol. The largest absolute Gasteiger partial charge is 0.474 e. The van der Waals surface area contributed by atoms with E-state index in [1.165, 1.54) is 6.07 Å². The Labute approximate surface area is 186 Å². The minimum atomic E-state index is -0.470.